The zero-order chi connectivity index (χ0) is 17.9. The fourth-order valence-corrected chi connectivity index (χ4v) is 3.38. The van der Waals surface area contributed by atoms with Crippen molar-refractivity contribution in [2.45, 2.75) is 6.92 Å². The molecule has 0 aliphatic heterocycles. The topological polar surface area (TPSA) is 55.1 Å². The Kier molecular flexibility index (Phi) is 4.37. The molecule has 2 aromatic carbocycles. The minimum atomic E-state index is -0.198. The van der Waals surface area contributed by atoms with Crippen LogP contribution in [0.1, 0.15) is 14.5 Å². The highest BCUT2D eigenvalue weighted by Gasteiger charge is 2.19. The number of anilines is 1. The van der Waals surface area contributed by atoms with Crippen molar-refractivity contribution < 1.29 is 9.21 Å². The van der Waals surface area contributed by atoms with Crippen molar-refractivity contribution in [3.8, 4) is 22.7 Å². The van der Waals surface area contributed by atoms with Crippen molar-refractivity contribution in [1.82, 2.24) is 4.98 Å². The first-order valence-corrected chi connectivity index (χ1v) is 9.02. The van der Waals surface area contributed by atoms with Crippen molar-refractivity contribution in [3.05, 3.63) is 82.6 Å². The number of carbonyl (C=O) groups excluding carboxylic acids is 1. The van der Waals surface area contributed by atoms with E-state index < -0.39 is 0 Å². The van der Waals surface area contributed by atoms with E-state index in [4.69, 9.17) is 4.42 Å². The standard InChI is InChI=1S/C21H16N2O2S/c1-14-12-13-17(26-14)19(24)23-21-18(15-8-4-2-5-9-15)22-20(25-21)16-10-6-3-7-11-16/h2-13H,1H3,(H,23,24). The van der Waals surface area contributed by atoms with Crippen LogP contribution in [-0.2, 0) is 0 Å². The average molecular weight is 360 g/mol. The maximum atomic E-state index is 12.6. The Balaban J connectivity index is 1.74. The smallest absolute Gasteiger partial charge is 0.268 e. The average Bonchev–Trinajstić information content (AvgIpc) is 3.30. The SMILES string of the molecule is Cc1ccc(C(=O)Nc2oc(-c3ccccc3)nc2-c2ccccc2)s1. The van der Waals surface area contributed by atoms with E-state index in [1.807, 2.05) is 79.7 Å². The number of oxazole rings is 1. The van der Waals surface area contributed by atoms with Gasteiger partial charge in [-0.3, -0.25) is 10.1 Å². The molecule has 5 heteroatoms. The molecule has 2 heterocycles. The first-order valence-electron chi connectivity index (χ1n) is 8.20. The summed E-state index contributed by atoms with van der Waals surface area (Å²) >= 11 is 1.45. The molecule has 26 heavy (non-hydrogen) atoms. The molecule has 0 fully saturated rings. The fourth-order valence-electron chi connectivity index (χ4n) is 2.62. The summed E-state index contributed by atoms with van der Waals surface area (Å²) in [7, 11) is 0. The van der Waals surface area contributed by atoms with Crippen LogP contribution in [0.25, 0.3) is 22.7 Å². The molecule has 0 radical (unpaired) electrons. The number of hydrogen-bond acceptors (Lipinski definition) is 4. The maximum absolute atomic E-state index is 12.6. The number of amides is 1. The second kappa shape index (κ2) is 6.98. The van der Waals surface area contributed by atoms with E-state index in [1.165, 1.54) is 11.3 Å². The molecule has 0 atom stereocenters. The van der Waals surface area contributed by atoms with Crippen LogP contribution in [0.2, 0.25) is 0 Å². The highest BCUT2D eigenvalue weighted by atomic mass is 32.1. The Morgan fingerprint density at radius 3 is 2.19 bits per heavy atom. The quantitative estimate of drug-likeness (QED) is 0.513. The summed E-state index contributed by atoms with van der Waals surface area (Å²) in [6, 6.07) is 23.1. The molecule has 1 N–H and O–H groups in total. The number of thiophene rings is 1. The fraction of sp³-hybridized carbons (Fsp3) is 0.0476. The van der Waals surface area contributed by atoms with Crippen molar-refractivity contribution in [2.24, 2.45) is 0 Å². The minimum absolute atomic E-state index is 0.198. The zero-order valence-electron chi connectivity index (χ0n) is 14.1. The molecule has 2 aromatic heterocycles. The lowest BCUT2D eigenvalue weighted by molar-refractivity contribution is 0.102. The maximum Gasteiger partial charge on any atom is 0.268 e. The van der Waals surface area contributed by atoms with Gasteiger partial charge in [-0.25, -0.2) is 4.98 Å². The zero-order valence-corrected chi connectivity index (χ0v) is 14.9. The van der Waals surface area contributed by atoms with E-state index in [0.29, 0.717) is 22.3 Å². The number of rotatable bonds is 4. The number of carbonyl (C=O) groups is 1. The van der Waals surface area contributed by atoms with Crippen molar-refractivity contribution in [3.63, 3.8) is 0 Å². The lowest BCUT2D eigenvalue weighted by atomic mass is 10.1. The second-order valence-electron chi connectivity index (χ2n) is 5.79. The van der Waals surface area contributed by atoms with E-state index in [-0.39, 0.29) is 5.91 Å². The van der Waals surface area contributed by atoms with Gasteiger partial charge in [-0.15, -0.1) is 11.3 Å². The van der Waals surface area contributed by atoms with E-state index >= 15 is 0 Å². The summed E-state index contributed by atoms with van der Waals surface area (Å²) < 4.78 is 5.92. The van der Waals surface area contributed by atoms with Gasteiger partial charge in [0.05, 0.1) is 4.88 Å². The molecule has 4 aromatic rings. The van der Waals surface area contributed by atoms with Crippen molar-refractivity contribution in [1.29, 1.82) is 0 Å². The van der Waals surface area contributed by atoms with Crippen LogP contribution in [0.15, 0.2) is 77.2 Å². The minimum Gasteiger partial charge on any atom is -0.420 e. The van der Waals surface area contributed by atoms with Crippen molar-refractivity contribution >= 4 is 23.1 Å². The van der Waals surface area contributed by atoms with Gasteiger partial charge < -0.3 is 4.42 Å². The molecule has 4 nitrogen and oxygen atoms in total. The van der Waals surface area contributed by atoms with Gasteiger partial charge >= 0.3 is 0 Å². The molecular formula is C21H16N2O2S. The first kappa shape index (κ1) is 16.3. The third-order valence-electron chi connectivity index (χ3n) is 3.89. The highest BCUT2D eigenvalue weighted by Crippen LogP contribution is 2.33. The van der Waals surface area contributed by atoms with Crippen LogP contribution >= 0.6 is 11.3 Å². The summed E-state index contributed by atoms with van der Waals surface area (Å²) in [5, 5.41) is 2.87. The Labute approximate surface area is 155 Å². The molecular weight excluding hydrogens is 344 g/mol. The predicted octanol–water partition coefficient (Wildman–Crippen LogP) is 5.63. The molecule has 0 unspecified atom stereocenters. The normalized spacial score (nSPS) is 10.7. The number of aromatic nitrogens is 1. The summed E-state index contributed by atoms with van der Waals surface area (Å²) in [4.78, 5) is 18.9. The Bertz CT molecular complexity index is 1040. The van der Waals surface area contributed by atoms with Gasteiger partial charge in [-0.2, -0.15) is 0 Å². The van der Waals surface area contributed by atoms with Gasteiger partial charge in [0.1, 0.15) is 5.69 Å². The lowest BCUT2D eigenvalue weighted by Gasteiger charge is -2.02. The summed E-state index contributed by atoms with van der Waals surface area (Å²) in [6.07, 6.45) is 0. The molecule has 0 saturated carbocycles. The predicted molar refractivity (Wildman–Crippen MR) is 104 cm³/mol. The monoisotopic (exact) mass is 360 g/mol. The molecule has 0 saturated heterocycles. The Morgan fingerprint density at radius 2 is 1.58 bits per heavy atom. The third-order valence-corrected chi connectivity index (χ3v) is 4.89. The molecule has 0 spiro atoms. The van der Waals surface area contributed by atoms with Gasteiger partial charge in [-0.05, 0) is 31.2 Å². The van der Waals surface area contributed by atoms with Gasteiger partial charge in [0, 0.05) is 16.0 Å². The van der Waals surface area contributed by atoms with E-state index in [2.05, 4.69) is 10.3 Å². The molecule has 0 bridgehead atoms. The Morgan fingerprint density at radius 1 is 0.923 bits per heavy atom. The van der Waals surface area contributed by atoms with Crippen LogP contribution < -0.4 is 5.32 Å². The number of benzene rings is 2. The third kappa shape index (κ3) is 3.30. The van der Waals surface area contributed by atoms with E-state index in [9.17, 15) is 4.79 Å². The van der Waals surface area contributed by atoms with Gasteiger partial charge in [0.2, 0.25) is 11.8 Å². The summed E-state index contributed by atoms with van der Waals surface area (Å²) in [6.45, 7) is 1.97. The summed E-state index contributed by atoms with van der Waals surface area (Å²) in [5.41, 5.74) is 2.36. The van der Waals surface area contributed by atoms with Gasteiger partial charge in [-0.1, -0.05) is 48.5 Å². The van der Waals surface area contributed by atoms with Crippen LogP contribution in [0, 0.1) is 6.92 Å². The van der Waals surface area contributed by atoms with Gasteiger partial charge in [0.15, 0.2) is 0 Å². The van der Waals surface area contributed by atoms with Gasteiger partial charge in [0.25, 0.3) is 5.91 Å². The second-order valence-corrected chi connectivity index (χ2v) is 7.08. The van der Waals surface area contributed by atoms with E-state index in [1.54, 1.807) is 0 Å². The number of hydrogen-bond donors (Lipinski definition) is 1. The molecule has 4 rings (SSSR count). The Hall–Kier alpha value is -3.18. The van der Waals surface area contributed by atoms with Crippen LogP contribution in [0.4, 0.5) is 5.88 Å². The highest BCUT2D eigenvalue weighted by molar-refractivity contribution is 7.14. The van der Waals surface area contributed by atoms with Crippen molar-refractivity contribution in [2.75, 3.05) is 5.32 Å². The largest absolute Gasteiger partial charge is 0.420 e. The number of aryl methyl sites for hydroxylation is 1. The first-order chi connectivity index (χ1) is 12.7. The number of nitrogens with zero attached hydrogens (tertiary/aromatic N) is 1. The molecule has 0 aliphatic rings. The van der Waals surface area contributed by atoms with Crippen LogP contribution in [0.3, 0.4) is 0 Å². The molecule has 1 amide bonds. The van der Waals surface area contributed by atoms with Crippen LogP contribution in [0.5, 0.6) is 0 Å². The summed E-state index contributed by atoms with van der Waals surface area (Å²) in [5.74, 6) is 0.629. The molecule has 128 valence electrons. The lowest BCUT2D eigenvalue weighted by Crippen LogP contribution is -2.10. The number of nitrogens with one attached hydrogen (secondary N) is 1. The van der Waals surface area contributed by atoms with Crippen LogP contribution in [-0.4, -0.2) is 10.9 Å². The van der Waals surface area contributed by atoms with E-state index in [0.717, 1.165) is 16.0 Å². The molecule has 0 aliphatic carbocycles.